The Hall–Kier alpha value is -1.41. The van der Waals surface area contributed by atoms with Crippen molar-refractivity contribution in [2.45, 2.75) is 18.1 Å². The third-order valence-electron chi connectivity index (χ3n) is 3.00. The van der Waals surface area contributed by atoms with Crippen molar-refractivity contribution >= 4 is 21.6 Å². The number of rotatable bonds is 6. The number of halogens is 1. The maximum atomic E-state index is 12.1. The Morgan fingerprint density at radius 2 is 1.90 bits per heavy atom. The van der Waals surface area contributed by atoms with E-state index in [1.54, 1.807) is 19.2 Å². The normalized spacial score (nSPS) is 11.8. The van der Waals surface area contributed by atoms with E-state index in [0.29, 0.717) is 6.42 Å². The van der Waals surface area contributed by atoms with Gasteiger partial charge in [0.25, 0.3) is 10.0 Å². The van der Waals surface area contributed by atoms with E-state index in [1.807, 2.05) is 12.1 Å². The first kappa shape index (κ1) is 16.0. The molecule has 21 heavy (non-hydrogen) atoms. The van der Waals surface area contributed by atoms with E-state index in [2.05, 4.69) is 9.71 Å². The third-order valence-corrected chi connectivity index (χ3v) is 4.95. The molecule has 1 aromatic heterocycles. The highest BCUT2D eigenvalue weighted by Gasteiger charge is 2.21. The van der Waals surface area contributed by atoms with E-state index in [-0.39, 0.29) is 23.3 Å². The van der Waals surface area contributed by atoms with Crippen LogP contribution in [0.1, 0.15) is 11.1 Å². The van der Waals surface area contributed by atoms with Crippen molar-refractivity contribution in [2.75, 3.05) is 6.54 Å². The second-order valence-electron chi connectivity index (χ2n) is 4.57. The molecular formula is C13H16ClN3O3S. The van der Waals surface area contributed by atoms with E-state index in [1.165, 1.54) is 10.9 Å². The molecule has 0 bridgehead atoms. The minimum atomic E-state index is -3.71. The van der Waals surface area contributed by atoms with Gasteiger partial charge >= 0.3 is 0 Å². The fourth-order valence-electron chi connectivity index (χ4n) is 1.78. The molecule has 0 radical (unpaired) electrons. The fourth-order valence-corrected chi connectivity index (χ4v) is 3.24. The van der Waals surface area contributed by atoms with Crippen LogP contribution in [0.3, 0.4) is 0 Å². The lowest BCUT2D eigenvalue weighted by Crippen LogP contribution is -2.26. The van der Waals surface area contributed by atoms with Gasteiger partial charge in [-0.05, 0) is 17.5 Å². The fraction of sp³-hybridized carbons (Fsp3) is 0.308. The first-order valence-corrected chi connectivity index (χ1v) is 8.15. The summed E-state index contributed by atoms with van der Waals surface area (Å²) < 4.78 is 28.0. The Balaban J connectivity index is 1.97. The number of hydrogen-bond donors (Lipinski definition) is 2. The zero-order valence-electron chi connectivity index (χ0n) is 11.5. The largest absolute Gasteiger partial charge is 0.392 e. The highest BCUT2D eigenvalue weighted by molar-refractivity contribution is 7.89. The van der Waals surface area contributed by atoms with Gasteiger partial charge in [0.15, 0.2) is 0 Å². The van der Waals surface area contributed by atoms with Crippen molar-refractivity contribution in [1.82, 2.24) is 14.3 Å². The number of aromatic nitrogens is 2. The van der Waals surface area contributed by atoms with Crippen molar-refractivity contribution in [3.05, 3.63) is 46.9 Å². The van der Waals surface area contributed by atoms with Crippen LogP contribution in [0.2, 0.25) is 5.15 Å². The highest BCUT2D eigenvalue weighted by Crippen LogP contribution is 2.18. The summed E-state index contributed by atoms with van der Waals surface area (Å²) in [5.74, 6) is 0. The van der Waals surface area contributed by atoms with Crippen LogP contribution in [-0.4, -0.2) is 29.6 Å². The number of imidazole rings is 1. The smallest absolute Gasteiger partial charge is 0.261 e. The van der Waals surface area contributed by atoms with Crippen LogP contribution in [0.4, 0.5) is 0 Å². The summed E-state index contributed by atoms with van der Waals surface area (Å²) in [6, 6.07) is 7.32. The highest BCUT2D eigenvalue weighted by atomic mass is 35.5. The number of hydrogen-bond acceptors (Lipinski definition) is 4. The van der Waals surface area contributed by atoms with Crippen LogP contribution in [0.25, 0.3) is 0 Å². The van der Waals surface area contributed by atoms with E-state index in [9.17, 15) is 8.42 Å². The average molecular weight is 330 g/mol. The molecule has 8 heteroatoms. The molecule has 6 nitrogen and oxygen atoms in total. The molecule has 0 atom stereocenters. The van der Waals surface area contributed by atoms with Crippen LogP contribution in [0.15, 0.2) is 35.6 Å². The second-order valence-corrected chi connectivity index (χ2v) is 6.61. The first-order chi connectivity index (χ1) is 9.94. The molecule has 114 valence electrons. The number of aryl methyl sites for hydroxylation is 1. The molecule has 0 aliphatic heterocycles. The lowest BCUT2D eigenvalue weighted by atomic mass is 10.1. The molecule has 0 saturated heterocycles. The predicted octanol–water partition coefficient (Wildman–Crippen LogP) is 1.09. The molecule has 2 N–H and O–H groups in total. The Morgan fingerprint density at radius 3 is 2.43 bits per heavy atom. The van der Waals surface area contributed by atoms with Gasteiger partial charge in [-0.1, -0.05) is 35.9 Å². The van der Waals surface area contributed by atoms with Gasteiger partial charge in [-0.2, -0.15) is 0 Å². The molecule has 0 saturated carbocycles. The van der Waals surface area contributed by atoms with Gasteiger partial charge in [-0.3, -0.25) is 0 Å². The lowest BCUT2D eigenvalue weighted by Gasteiger charge is -2.06. The standard InChI is InChI=1S/C13H16ClN3O3S/c1-17-9-15-13(12(17)14)21(19,20)16-7-6-10-2-4-11(8-18)5-3-10/h2-5,9,16,18H,6-8H2,1H3. The van der Waals surface area contributed by atoms with E-state index >= 15 is 0 Å². The van der Waals surface area contributed by atoms with Gasteiger partial charge in [0.2, 0.25) is 5.03 Å². The summed E-state index contributed by atoms with van der Waals surface area (Å²) in [5, 5.41) is 8.87. The van der Waals surface area contributed by atoms with Gasteiger partial charge in [0.1, 0.15) is 5.15 Å². The molecule has 1 aromatic carbocycles. The number of sulfonamides is 1. The van der Waals surface area contributed by atoms with E-state index in [0.717, 1.165) is 11.1 Å². The maximum absolute atomic E-state index is 12.1. The molecule has 2 aromatic rings. The summed E-state index contributed by atoms with van der Waals surface area (Å²) in [6.45, 7) is 0.235. The van der Waals surface area contributed by atoms with E-state index in [4.69, 9.17) is 16.7 Å². The van der Waals surface area contributed by atoms with Crippen LogP contribution in [0, 0.1) is 0 Å². The first-order valence-electron chi connectivity index (χ1n) is 6.29. The summed E-state index contributed by atoms with van der Waals surface area (Å²) in [4.78, 5) is 3.79. The summed E-state index contributed by atoms with van der Waals surface area (Å²) in [7, 11) is -2.08. The number of benzene rings is 1. The van der Waals surface area contributed by atoms with Crippen molar-refractivity contribution in [3.63, 3.8) is 0 Å². The zero-order valence-corrected chi connectivity index (χ0v) is 13.0. The van der Waals surface area contributed by atoms with Gasteiger partial charge in [-0.15, -0.1) is 0 Å². The predicted molar refractivity (Wildman–Crippen MR) is 79.5 cm³/mol. The Morgan fingerprint density at radius 1 is 1.29 bits per heavy atom. The van der Waals surface area contributed by atoms with Crippen LogP contribution < -0.4 is 4.72 Å². The van der Waals surface area contributed by atoms with Crippen molar-refractivity contribution in [2.24, 2.45) is 7.05 Å². The van der Waals surface area contributed by atoms with Crippen LogP contribution >= 0.6 is 11.6 Å². The molecule has 0 spiro atoms. The minimum absolute atomic E-state index is 0.00884. The number of nitrogens with zero attached hydrogens (tertiary/aromatic N) is 2. The van der Waals surface area contributed by atoms with Gasteiger partial charge < -0.3 is 9.67 Å². The van der Waals surface area contributed by atoms with Crippen molar-refractivity contribution in [1.29, 1.82) is 0 Å². The molecule has 2 rings (SSSR count). The topological polar surface area (TPSA) is 84.2 Å². The zero-order chi connectivity index (χ0) is 15.5. The molecule has 1 heterocycles. The summed E-state index contributed by atoms with van der Waals surface area (Å²) >= 11 is 5.88. The number of nitrogens with one attached hydrogen (secondary N) is 1. The lowest BCUT2D eigenvalue weighted by molar-refractivity contribution is 0.282. The molecule has 0 fully saturated rings. The Labute approximate surface area is 128 Å². The number of aliphatic hydroxyl groups is 1. The molecular weight excluding hydrogens is 314 g/mol. The van der Waals surface area contributed by atoms with Gasteiger partial charge in [0.05, 0.1) is 12.9 Å². The molecule has 0 aliphatic carbocycles. The second kappa shape index (κ2) is 6.57. The van der Waals surface area contributed by atoms with E-state index < -0.39 is 10.0 Å². The van der Waals surface area contributed by atoms with Gasteiger partial charge in [0, 0.05) is 13.6 Å². The Bertz CT molecular complexity index is 711. The average Bonchev–Trinajstić information content (AvgIpc) is 2.80. The van der Waals surface area contributed by atoms with Crippen molar-refractivity contribution in [3.8, 4) is 0 Å². The summed E-state index contributed by atoms with van der Waals surface area (Å²) in [5.41, 5.74) is 1.79. The molecule has 0 unspecified atom stereocenters. The summed E-state index contributed by atoms with van der Waals surface area (Å²) in [6.07, 6.45) is 1.89. The SMILES string of the molecule is Cn1cnc(S(=O)(=O)NCCc2ccc(CO)cc2)c1Cl. The number of aliphatic hydroxyl groups excluding tert-OH is 1. The quantitative estimate of drug-likeness (QED) is 0.830. The Kier molecular flexibility index (Phi) is 5.00. The molecule has 0 amide bonds. The van der Waals surface area contributed by atoms with Crippen LogP contribution in [-0.2, 0) is 30.1 Å². The van der Waals surface area contributed by atoms with Crippen LogP contribution in [0.5, 0.6) is 0 Å². The maximum Gasteiger partial charge on any atom is 0.261 e. The van der Waals surface area contributed by atoms with Crippen molar-refractivity contribution < 1.29 is 13.5 Å². The minimum Gasteiger partial charge on any atom is -0.392 e. The van der Waals surface area contributed by atoms with Gasteiger partial charge in [-0.25, -0.2) is 18.1 Å². The monoisotopic (exact) mass is 329 g/mol. The molecule has 0 aliphatic rings. The third kappa shape index (κ3) is 3.82.